The van der Waals surface area contributed by atoms with E-state index in [2.05, 4.69) is 10.4 Å². The lowest BCUT2D eigenvalue weighted by atomic mass is 9.95. The van der Waals surface area contributed by atoms with Crippen molar-refractivity contribution in [3.8, 4) is 5.69 Å². The first-order valence-electron chi connectivity index (χ1n) is 10.2. The standard InChI is InChI=1S/C23H21Cl2N3O2/c1-13-7-9-16-19(11-13)30-22-20(23(29)26-15-5-3-2-4-6-15)27-28(21(16)22)18-10-8-14(24)12-17(18)25/h7-12,15H,2-6H2,1H3,(H,26,29). The first-order valence-corrected chi connectivity index (χ1v) is 10.9. The number of nitrogens with one attached hydrogen (secondary N) is 1. The molecule has 5 rings (SSSR count). The van der Waals surface area contributed by atoms with Crippen LogP contribution in [0.3, 0.4) is 0 Å². The van der Waals surface area contributed by atoms with Gasteiger partial charge in [0, 0.05) is 16.5 Å². The summed E-state index contributed by atoms with van der Waals surface area (Å²) in [6.45, 7) is 2.01. The molecule has 0 aliphatic heterocycles. The number of benzene rings is 2. The maximum atomic E-state index is 13.2. The Bertz CT molecular complexity index is 1270. The van der Waals surface area contributed by atoms with Crippen molar-refractivity contribution in [1.82, 2.24) is 15.1 Å². The molecular formula is C23H21Cl2N3O2. The number of carbonyl (C=O) groups is 1. The van der Waals surface area contributed by atoms with E-state index in [1.807, 2.05) is 25.1 Å². The third kappa shape index (κ3) is 3.36. The SMILES string of the molecule is Cc1ccc2c(c1)oc1c(C(=O)NC3CCCCC3)nn(-c3ccc(Cl)cc3Cl)c12. The molecule has 1 aliphatic rings. The second kappa shape index (κ2) is 7.64. The van der Waals surface area contributed by atoms with Gasteiger partial charge in [-0.2, -0.15) is 5.10 Å². The van der Waals surface area contributed by atoms with Crippen LogP contribution < -0.4 is 5.32 Å². The predicted octanol–water partition coefficient (Wildman–Crippen LogP) is 6.45. The minimum Gasteiger partial charge on any atom is -0.452 e. The number of halogens is 2. The number of fused-ring (bicyclic) bond motifs is 3. The van der Waals surface area contributed by atoms with Crippen LogP contribution >= 0.6 is 23.2 Å². The van der Waals surface area contributed by atoms with E-state index in [1.165, 1.54) is 6.42 Å². The molecule has 5 nitrogen and oxygen atoms in total. The van der Waals surface area contributed by atoms with Gasteiger partial charge in [-0.3, -0.25) is 4.79 Å². The molecule has 1 amide bonds. The summed E-state index contributed by atoms with van der Waals surface area (Å²) in [5, 5.41) is 9.64. The molecule has 0 atom stereocenters. The number of aryl methyl sites for hydroxylation is 1. The molecule has 0 saturated heterocycles. The van der Waals surface area contributed by atoms with E-state index in [1.54, 1.807) is 22.9 Å². The van der Waals surface area contributed by atoms with Crippen molar-refractivity contribution in [3.63, 3.8) is 0 Å². The van der Waals surface area contributed by atoms with Crippen molar-refractivity contribution < 1.29 is 9.21 Å². The predicted molar refractivity (Wildman–Crippen MR) is 120 cm³/mol. The number of rotatable bonds is 3. The molecular weight excluding hydrogens is 421 g/mol. The number of hydrogen-bond donors (Lipinski definition) is 1. The van der Waals surface area contributed by atoms with Gasteiger partial charge >= 0.3 is 0 Å². The molecule has 154 valence electrons. The van der Waals surface area contributed by atoms with Crippen molar-refractivity contribution in [2.75, 3.05) is 0 Å². The zero-order chi connectivity index (χ0) is 20.8. The molecule has 1 aliphatic carbocycles. The largest absolute Gasteiger partial charge is 0.452 e. The number of amides is 1. The van der Waals surface area contributed by atoms with Gasteiger partial charge in [-0.15, -0.1) is 0 Å². The number of nitrogens with zero attached hydrogens (tertiary/aromatic N) is 2. The van der Waals surface area contributed by atoms with Gasteiger partial charge in [0.15, 0.2) is 11.3 Å². The van der Waals surface area contributed by atoms with Gasteiger partial charge in [-0.25, -0.2) is 4.68 Å². The Hall–Kier alpha value is -2.50. The van der Waals surface area contributed by atoms with Crippen LogP contribution in [0.5, 0.6) is 0 Å². The Labute approximate surface area is 183 Å². The van der Waals surface area contributed by atoms with Crippen LogP contribution in [-0.2, 0) is 0 Å². The summed E-state index contributed by atoms with van der Waals surface area (Å²) in [5.41, 5.74) is 3.91. The molecule has 1 fully saturated rings. The molecule has 2 aromatic carbocycles. The van der Waals surface area contributed by atoms with Gasteiger partial charge in [-0.1, -0.05) is 48.5 Å². The fraction of sp³-hybridized carbons (Fsp3) is 0.304. The van der Waals surface area contributed by atoms with Crippen LogP contribution in [0.4, 0.5) is 0 Å². The lowest BCUT2D eigenvalue weighted by Gasteiger charge is -2.22. The van der Waals surface area contributed by atoms with E-state index < -0.39 is 0 Å². The molecule has 1 saturated carbocycles. The molecule has 0 unspecified atom stereocenters. The summed E-state index contributed by atoms with van der Waals surface area (Å²) < 4.78 is 7.81. The second-order valence-corrected chi connectivity index (χ2v) is 8.79. The van der Waals surface area contributed by atoms with E-state index in [0.29, 0.717) is 26.9 Å². The summed E-state index contributed by atoms with van der Waals surface area (Å²) in [6.07, 6.45) is 5.50. The molecule has 2 heterocycles. The third-order valence-electron chi connectivity index (χ3n) is 5.74. The van der Waals surface area contributed by atoms with E-state index in [4.69, 9.17) is 27.6 Å². The molecule has 0 radical (unpaired) electrons. The average Bonchev–Trinajstić information content (AvgIpc) is 3.25. The lowest BCUT2D eigenvalue weighted by molar-refractivity contribution is 0.0923. The van der Waals surface area contributed by atoms with E-state index in [-0.39, 0.29) is 17.6 Å². The molecule has 0 spiro atoms. The van der Waals surface area contributed by atoms with Crippen LogP contribution in [0.1, 0.15) is 48.2 Å². The summed E-state index contributed by atoms with van der Waals surface area (Å²) in [6, 6.07) is 11.4. The van der Waals surface area contributed by atoms with Gasteiger partial charge in [0.2, 0.25) is 0 Å². The number of aromatic nitrogens is 2. The van der Waals surface area contributed by atoms with Crippen molar-refractivity contribution in [1.29, 1.82) is 0 Å². The fourth-order valence-electron chi connectivity index (χ4n) is 4.23. The van der Waals surface area contributed by atoms with Crippen LogP contribution in [-0.4, -0.2) is 21.7 Å². The van der Waals surface area contributed by atoms with E-state index in [9.17, 15) is 4.79 Å². The van der Waals surface area contributed by atoms with E-state index >= 15 is 0 Å². The normalized spacial score (nSPS) is 15.2. The van der Waals surface area contributed by atoms with Crippen molar-refractivity contribution >= 4 is 51.2 Å². The van der Waals surface area contributed by atoms with Crippen molar-refractivity contribution in [2.45, 2.75) is 45.1 Å². The average molecular weight is 442 g/mol. The second-order valence-electron chi connectivity index (χ2n) is 7.94. The summed E-state index contributed by atoms with van der Waals surface area (Å²) in [7, 11) is 0. The molecule has 0 bridgehead atoms. The molecule has 30 heavy (non-hydrogen) atoms. The number of carbonyl (C=O) groups excluding carboxylic acids is 1. The topological polar surface area (TPSA) is 60.1 Å². The fourth-order valence-corrected chi connectivity index (χ4v) is 4.72. The molecule has 1 N–H and O–H groups in total. The third-order valence-corrected chi connectivity index (χ3v) is 6.28. The van der Waals surface area contributed by atoms with Crippen molar-refractivity contribution in [2.24, 2.45) is 0 Å². The Morgan fingerprint density at radius 3 is 2.70 bits per heavy atom. The highest BCUT2D eigenvalue weighted by Gasteiger charge is 2.27. The number of furan rings is 1. The van der Waals surface area contributed by atoms with Crippen LogP contribution in [0.25, 0.3) is 27.8 Å². The van der Waals surface area contributed by atoms with Gasteiger partial charge in [0.1, 0.15) is 11.1 Å². The maximum absolute atomic E-state index is 13.2. The Morgan fingerprint density at radius 2 is 1.93 bits per heavy atom. The quantitative estimate of drug-likeness (QED) is 0.397. The summed E-state index contributed by atoms with van der Waals surface area (Å²) in [4.78, 5) is 13.2. The zero-order valence-corrected chi connectivity index (χ0v) is 18.1. The lowest BCUT2D eigenvalue weighted by Crippen LogP contribution is -2.36. The molecule has 2 aromatic heterocycles. The van der Waals surface area contributed by atoms with Crippen molar-refractivity contribution in [3.05, 3.63) is 57.7 Å². The first kappa shape index (κ1) is 19.5. The summed E-state index contributed by atoms with van der Waals surface area (Å²) >= 11 is 12.6. The van der Waals surface area contributed by atoms with Crippen LogP contribution in [0.2, 0.25) is 10.0 Å². The maximum Gasteiger partial charge on any atom is 0.275 e. The van der Waals surface area contributed by atoms with Gasteiger partial charge < -0.3 is 9.73 Å². The Morgan fingerprint density at radius 1 is 1.13 bits per heavy atom. The van der Waals surface area contributed by atoms with Crippen LogP contribution in [0.15, 0.2) is 40.8 Å². The van der Waals surface area contributed by atoms with Crippen LogP contribution in [0, 0.1) is 6.92 Å². The smallest absolute Gasteiger partial charge is 0.275 e. The highest BCUT2D eigenvalue weighted by molar-refractivity contribution is 6.35. The minimum absolute atomic E-state index is 0.178. The highest BCUT2D eigenvalue weighted by atomic mass is 35.5. The highest BCUT2D eigenvalue weighted by Crippen LogP contribution is 2.35. The minimum atomic E-state index is -0.216. The summed E-state index contributed by atoms with van der Waals surface area (Å²) in [5.74, 6) is -0.216. The van der Waals surface area contributed by atoms with Gasteiger partial charge in [0.25, 0.3) is 5.91 Å². The Balaban J connectivity index is 1.69. The van der Waals surface area contributed by atoms with E-state index in [0.717, 1.165) is 42.1 Å². The first-order chi connectivity index (χ1) is 14.5. The Kier molecular flexibility index (Phi) is 4.95. The van der Waals surface area contributed by atoms with Gasteiger partial charge in [0.05, 0.1) is 10.7 Å². The monoisotopic (exact) mass is 441 g/mol. The molecule has 4 aromatic rings. The molecule has 7 heteroatoms. The zero-order valence-electron chi connectivity index (χ0n) is 16.5. The van der Waals surface area contributed by atoms with Gasteiger partial charge in [-0.05, 0) is 55.7 Å². The number of hydrogen-bond acceptors (Lipinski definition) is 3.